The molecule has 0 aliphatic carbocycles. The van der Waals surface area contributed by atoms with Crippen LogP contribution >= 0.6 is 35.3 Å². The van der Waals surface area contributed by atoms with Crippen LogP contribution in [0.2, 0.25) is 0 Å². The molecule has 4 rings (SSSR count). The molecule has 0 bridgehead atoms. The van der Waals surface area contributed by atoms with Gasteiger partial charge in [-0.3, -0.25) is 9.69 Å². The van der Waals surface area contributed by atoms with Crippen molar-refractivity contribution in [1.82, 2.24) is 0 Å². The number of amides is 1. The van der Waals surface area contributed by atoms with Gasteiger partial charge in [0.1, 0.15) is 18.8 Å². The second-order valence-electron chi connectivity index (χ2n) is 9.71. The minimum Gasteiger partial charge on any atom is -0.466 e. The average molecular weight is 632 g/mol. The number of aryl methyl sites for hydroxylation is 1. The molecule has 10 nitrogen and oxygen atoms in total. The number of hydrogen-bond donors (Lipinski definition) is 0. The Morgan fingerprint density at radius 1 is 0.810 bits per heavy atom. The molecule has 0 saturated heterocycles. The zero-order valence-electron chi connectivity index (χ0n) is 24.2. The number of carbonyl (C=O) groups is 5. The van der Waals surface area contributed by atoms with Gasteiger partial charge in [0.25, 0.3) is 5.91 Å². The van der Waals surface area contributed by atoms with Crippen LogP contribution in [0, 0.1) is 6.92 Å². The highest BCUT2D eigenvalue weighted by molar-refractivity contribution is 8.26. The summed E-state index contributed by atoms with van der Waals surface area (Å²) in [5.41, 5.74) is 1.31. The zero-order valence-corrected chi connectivity index (χ0v) is 26.7. The molecule has 13 heteroatoms. The molecule has 0 radical (unpaired) electrons. The number of rotatable bonds is 5. The molecule has 1 spiro atoms. The molecule has 0 saturated carbocycles. The summed E-state index contributed by atoms with van der Waals surface area (Å²) in [6.07, 6.45) is 3.08. The molecule has 3 aliphatic heterocycles. The fraction of sp³-hybridized carbons (Fsp3) is 0.345. The fourth-order valence-corrected chi connectivity index (χ4v) is 10.1. The van der Waals surface area contributed by atoms with Crippen molar-refractivity contribution in [2.45, 2.75) is 37.3 Å². The van der Waals surface area contributed by atoms with Crippen LogP contribution in [0.4, 0.5) is 5.69 Å². The van der Waals surface area contributed by atoms with Crippen molar-refractivity contribution in [3.8, 4) is 0 Å². The third-order valence-corrected chi connectivity index (χ3v) is 11.5. The number of benzene rings is 1. The Labute approximate surface area is 255 Å². The lowest BCUT2D eigenvalue weighted by molar-refractivity contribution is -0.138. The maximum atomic E-state index is 13.6. The van der Waals surface area contributed by atoms with Gasteiger partial charge < -0.3 is 18.9 Å². The normalized spacial score (nSPS) is 18.6. The molecule has 0 fully saturated rings. The van der Waals surface area contributed by atoms with Crippen LogP contribution < -0.4 is 4.90 Å². The van der Waals surface area contributed by atoms with Crippen molar-refractivity contribution in [3.05, 3.63) is 66.7 Å². The fourth-order valence-electron chi connectivity index (χ4n) is 5.04. The third-order valence-electron chi connectivity index (χ3n) is 6.82. The summed E-state index contributed by atoms with van der Waals surface area (Å²) in [6.45, 7) is 7.27. The number of carbonyl (C=O) groups excluding carboxylic acids is 5. The van der Waals surface area contributed by atoms with E-state index in [2.05, 4.69) is 0 Å². The number of methoxy groups -OCH3 is 4. The van der Waals surface area contributed by atoms with Crippen LogP contribution in [0.15, 0.2) is 55.5 Å². The Balaban J connectivity index is 2.19. The Morgan fingerprint density at radius 3 is 1.83 bits per heavy atom. The van der Waals surface area contributed by atoms with Gasteiger partial charge in [-0.05, 0) is 45.9 Å². The molecular weight excluding hydrogens is 603 g/mol. The predicted octanol–water partition coefficient (Wildman–Crippen LogP) is 4.49. The van der Waals surface area contributed by atoms with Crippen molar-refractivity contribution in [2.75, 3.05) is 33.3 Å². The predicted molar refractivity (Wildman–Crippen MR) is 162 cm³/mol. The number of fused-ring (bicyclic) bond motifs is 3. The molecule has 0 atom stereocenters. The van der Waals surface area contributed by atoms with Gasteiger partial charge in [-0.15, -0.1) is 0 Å². The van der Waals surface area contributed by atoms with Crippen LogP contribution in [-0.2, 0) is 42.9 Å². The molecule has 1 amide bonds. The van der Waals surface area contributed by atoms with Crippen molar-refractivity contribution in [2.24, 2.45) is 0 Å². The largest absolute Gasteiger partial charge is 0.466 e. The van der Waals surface area contributed by atoms with Crippen LogP contribution in [0.25, 0.3) is 5.57 Å². The lowest BCUT2D eigenvalue weighted by Gasteiger charge is -2.50. The van der Waals surface area contributed by atoms with Crippen molar-refractivity contribution in [1.29, 1.82) is 0 Å². The molecule has 3 heterocycles. The van der Waals surface area contributed by atoms with Crippen molar-refractivity contribution in [3.63, 3.8) is 0 Å². The zero-order chi connectivity index (χ0) is 31.1. The first-order valence-corrected chi connectivity index (χ1v) is 15.0. The van der Waals surface area contributed by atoms with Gasteiger partial charge in [0.05, 0.1) is 45.2 Å². The number of thioether (sulfide) groups is 3. The quantitative estimate of drug-likeness (QED) is 0.258. The summed E-state index contributed by atoms with van der Waals surface area (Å²) >= 11 is 2.77. The van der Waals surface area contributed by atoms with Gasteiger partial charge >= 0.3 is 23.9 Å². The number of hydrogen-bond acceptors (Lipinski definition) is 12. The van der Waals surface area contributed by atoms with Gasteiger partial charge in [0.2, 0.25) is 0 Å². The summed E-state index contributed by atoms with van der Waals surface area (Å²) in [6, 6.07) is 5.54. The van der Waals surface area contributed by atoms with E-state index in [-0.39, 0.29) is 26.2 Å². The van der Waals surface area contributed by atoms with E-state index in [1.807, 2.05) is 39.0 Å². The average Bonchev–Trinajstić information content (AvgIpc) is 3.35. The first-order valence-electron chi connectivity index (χ1n) is 12.6. The standard InChI is InChI=1S/C29H29NO9S3/c1-9-10-17(31)30-16-12-11-14(2)13-15(16)18-23(28(30,3)4)40-20(25(33)37-6)19(24(32)36-5)29(18)41-21(26(34)38-7)22(42-29)27(35)39-8/h9-13H,1-8H3/b10-9+. The van der Waals surface area contributed by atoms with Crippen LogP contribution in [0.3, 0.4) is 0 Å². The summed E-state index contributed by atoms with van der Waals surface area (Å²) in [5.74, 6) is -3.62. The monoisotopic (exact) mass is 631 g/mol. The Morgan fingerprint density at radius 2 is 1.33 bits per heavy atom. The topological polar surface area (TPSA) is 126 Å². The molecular formula is C29H29NO9S3. The Kier molecular flexibility index (Phi) is 8.77. The van der Waals surface area contributed by atoms with E-state index in [9.17, 15) is 24.0 Å². The molecule has 1 aromatic rings. The van der Waals surface area contributed by atoms with Gasteiger partial charge in [-0.1, -0.05) is 53.0 Å². The first kappa shape index (κ1) is 31.5. The summed E-state index contributed by atoms with van der Waals surface area (Å²) in [7, 11) is 4.70. The summed E-state index contributed by atoms with van der Waals surface area (Å²) in [4.78, 5) is 68.6. The number of ether oxygens (including phenoxy) is 4. The smallest absolute Gasteiger partial charge is 0.345 e. The Bertz CT molecular complexity index is 1520. The van der Waals surface area contributed by atoms with Crippen LogP contribution in [0.1, 0.15) is 31.9 Å². The number of anilines is 1. The molecule has 42 heavy (non-hydrogen) atoms. The van der Waals surface area contributed by atoms with Crippen molar-refractivity contribution >= 4 is 76.3 Å². The summed E-state index contributed by atoms with van der Waals surface area (Å²) in [5, 5.41) is 0. The molecule has 222 valence electrons. The van der Waals surface area contributed by atoms with Crippen LogP contribution in [-0.4, -0.2) is 67.8 Å². The van der Waals surface area contributed by atoms with E-state index in [0.717, 1.165) is 40.8 Å². The van der Waals surface area contributed by atoms with E-state index in [1.54, 1.807) is 17.9 Å². The van der Waals surface area contributed by atoms with E-state index in [4.69, 9.17) is 18.9 Å². The molecule has 0 N–H and O–H groups in total. The van der Waals surface area contributed by atoms with E-state index in [1.165, 1.54) is 34.5 Å². The van der Waals surface area contributed by atoms with E-state index in [0.29, 0.717) is 21.7 Å². The first-order chi connectivity index (χ1) is 19.8. The highest BCUT2D eigenvalue weighted by atomic mass is 32.2. The highest BCUT2D eigenvalue weighted by Crippen LogP contribution is 2.71. The second-order valence-corrected chi connectivity index (χ2v) is 13.4. The van der Waals surface area contributed by atoms with E-state index >= 15 is 0 Å². The molecule has 0 aromatic heterocycles. The maximum absolute atomic E-state index is 13.6. The number of esters is 4. The highest BCUT2D eigenvalue weighted by Gasteiger charge is 2.61. The minimum absolute atomic E-state index is 0.0963. The van der Waals surface area contributed by atoms with E-state index < -0.39 is 33.5 Å². The molecule has 1 aromatic carbocycles. The lowest BCUT2D eigenvalue weighted by Crippen LogP contribution is -2.53. The summed E-state index contributed by atoms with van der Waals surface area (Å²) < 4.78 is 18.7. The SMILES string of the molecule is C/C=C/C(=O)N1c2ccc(C)cc2C2=C(SC(C(=O)OC)=C(C(=O)OC)C23SC(C(=O)OC)=C(C(=O)OC)S3)C1(C)C. The van der Waals surface area contributed by atoms with Crippen LogP contribution in [0.5, 0.6) is 0 Å². The van der Waals surface area contributed by atoms with Gasteiger partial charge in [-0.2, -0.15) is 0 Å². The van der Waals surface area contributed by atoms with Gasteiger partial charge in [0, 0.05) is 16.0 Å². The number of allylic oxidation sites excluding steroid dienone is 1. The lowest BCUT2D eigenvalue weighted by atomic mass is 9.83. The third kappa shape index (κ3) is 4.77. The van der Waals surface area contributed by atoms with Gasteiger partial charge in [0.15, 0.2) is 0 Å². The number of nitrogens with zero attached hydrogens (tertiary/aromatic N) is 1. The van der Waals surface area contributed by atoms with Crippen molar-refractivity contribution < 1.29 is 42.9 Å². The minimum atomic E-state index is -1.61. The molecule has 0 unspecified atom stereocenters. The maximum Gasteiger partial charge on any atom is 0.345 e. The molecule has 3 aliphatic rings. The Hall–Kier alpha value is -3.42. The second kappa shape index (κ2) is 11.7. The van der Waals surface area contributed by atoms with Gasteiger partial charge in [-0.25, -0.2) is 19.2 Å².